The molecule has 128 valence electrons. The first-order chi connectivity index (χ1) is 12.6. The molecule has 5 heteroatoms. The lowest BCUT2D eigenvalue weighted by Gasteiger charge is -2.04. The molecule has 26 heavy (non-hydrogen) atoms. The van der Waals surface area contributed by atoms with Gasteiger partial charge in [-0.2, -0.15) is 5.26 Å². The summed E-state index contributed by atoms with van der Waals surface area (Å²) in [5, 5.41) is 9.45. The Hall–Kier alpha value is -3.10. The van der Waals surface area contributed by atoms with E-state index in [2.05, 4.69) is 22.0 Å². The van der Waals surface area contributed by atoms with Crippen LogP contribution in [0.1, 0.15) is 21.7 Å². The average Bonchev–Trinajstić information content (AvgIpc) is 3.15. The number of halogens is 1. The maximum absolute atomic E-state index is 11.9. The summed E-state index contributed by atoms with van der Waals surface area (Å²) in [6.45, 7) is 0. The van der Waals surface area contributed by atoms with Gasteiger partial charge in [-0.3, -0.25) is 0 Å². The number of carbonyl (C=O) groups is 1. The Kier molecular flexibility index (Phi) is 5.35. The van der Waals surface area contributed by atoms with Gasteiger partial charge in [0.15, 0.2) is 0 Å². The van der Waals surface area contributed by atoms with Crippen molar-refractivity contribution in [3.05, 3.63) is 82.0 Å². The average molecular weight is 408 g/mol. The highest BCUT2D eigenvalue weighted by atomic mass is 79.9. The maximum atomic E-state index is 11.9. The smallest absolute Gasteiger partial charge is 0.338 e. The molecule has 0 saturated carbocycles. The minimum Gasteiger partial charge on any atom is -0.465 e. The SMILES string of the molecule is COC(=O)c1ccccc1-c1ccc(C=C(C#N)c2ccc(Br)cc2)o1. The highest BCUT2D eigenvalue weighted by Crippen LogP contribution is 2.28. The molecule has 0 aliphatic heterocycles. The fourth-order valence-electron chi connectivity index (χ4n) is 2.51. The number of ether oxygens (including phenoxy) is 1. The van der Waals surface area contributed by atoms with Crippen LogP contribution in [0.4, 0.5) is 0 Å². The quantitative estimate of drug-likeness (QED) is 0.419. The van der Waals surface area contributed by atoms with Crippen LogP contribution >= 0.6 is 15.9 Å². The third kappa shape index (κ3) is 3.76. The van der Waals surface area contributed by atoms with Crippen LogP contribution < -0.4 is 0 Å². The molecule has 0 amide bonds. The first kappa shape index (κ1) is 17.7. The number of hydrogen-bond acceptors (Lipinski definition) is 4. The van der Waals surface area contributed by atoms with Crippen molar-refractivity contribution in [3.63, 3.8) is 0 Å². The van der Waals surface area contributed by atoms with Gasteiger partial charge in [-0.15, -0.1) is 0 Å². The Morgan fingerprint density at radius 1 is 1.12 bits per heavy atom. The molecule has 0 radical (unpaired) electrons. The van der Waals surface area contributed by atoms with Crippen LogP contribution in [0, 0.1) is 11.3 Å². The van der Waals surface area contributed by atoms with E-state index in [4.69, 9.17) is 9.15 Å². The zero-order valence-corrected chi connectivity index (χ0v) is 15.5. The second-order valence-corrected chi connectivity index (χ2v) is 6.33. The number of hydrogen-bond donors (Lipinski definition) is 0. The second-order valence-electron chi connectivity index (χ2n) is 5.42. The minimum absolute atomic E-state index is 0.424. The fourth-order valence-corrected chi connectivity index (χ4v) is 2.78. The van der Waals surface area contributed by atoms with E-state index >= 15 is 0 Å². The monoisotopic (exact) mass is 407 g/mol. The molecule has 0 saturated heterocycles. The highest BCUT2D eigenvalue weighted by Gasteiger charge is 2.15. The van der Waals surface area contributed by atoms with Crippen LogP contribution in [0.25, 0.3) is 23.0 Å². The van der Waals surface area contributed by atoms with Gasteiger partial charge < -0.3 is 9.15 Å². The van der Waals surface area contributed by atoms with Crippen molar-refractivity contribution in [3.8, 4) is 17.4 Å². The Morgan fingerprint density at radius 2 is 1.85 bits per heavy atom. The molecule has 0 spiro atoms. The van der Waals surface area contributed by atoms with Gasteiger partial charge in [0.2, 0.25) is 0 Å². The summed E-state index contributed by atoms with van der Waals surface area (Å²) in [6.07, 6.45) is 1.67. The van der Waals surface area contributed by atoms with Crippen molar-refractivity contribution >= 4 is 33.5 Å². The molecule has 3 aromatic rings. The van der Waals surface area contributed by atoms with E-state index in [1.807, 2.05) is 30.3 Å². The Morgan fingerprint density at radius 3 is 2.54 bits per heavy atom. The van der Waals surface area contributed by atoms with Crippen molar-refractivity contribution in [2.45, 2.75) is 0 Å². The van der Waals surface area contributed by atoms with E-state index in [0.717, 1.165) is 10.0 Å². The van der Waals surface area contributed by atoms with Crippen molar-refractivity contribution < 1.29 is 13.9 Å². The van der Waals surface area contributed by atoms with Crippen molar-refractivity contribution in [1.29, 1.82) is 5.26 Å². The van der Waals surface area contributed by atoms with Crippen LogP contribution in [0.15, 0.2) is 69.6 Å². The van der Waals surface area contributed by atoms with Gasteiger partial charge >= 0.3 is 5.97 Å². The zero-order chi connectivity index (χ0) is 18.5. The number of nitriles is 1. The topological polar surface area (TPSA) is 63.2 Å². The van der Waals surface area contributed by atoms with Crippen LogP contribution in [0.3, 0.4) is 0 Å². The normalized spacial score (nSPS) is 11.0. The molecule has 0 aliphatic carbocycles. The summed E-state index contributed by atoms with van der Waals surface area (Å²) < 4.78 is 11.6. The van der Waals surface area contributed by atoms with Gasteiger partial charge in [0.25, 0.3) is 0 Å². The van der Waals surface area contributed by atoms with Crippen LogP contribution in [-0.2, 0) is 4.74 Å². The Balaban J connectivity index is 1.97. The molecule has 2 aromatic carbocycles. The highest BCUT2D eigenvalue weighted by molar-refractivity contribution is 9.10. The number of esters is 1. The van der Waals surface area contributed by atoms with Crippen LogP contribution in [0.2, 0.25) is 0 Å². The summed E-state index contributed by atoms with van der Waals surface area (Å²) in [7, 11) is 1.34. The van der Waals surface area contributed by atoms with E-state index in [-0.39, 0.29) is 0 Å². The molecule has 1 heterocycles. The van der Waals surface area contributed by atoms with E-state index in [1.54, 1.807) is 36.4 Å². The van der Waals surface area contributed by atoms with Crippen molar-refractivity contribution in [2.24, 2.45) is 0 Å². The Labute approximate surface area is 159 Å². The van der Waals surface area contributed by atoms with Crippen LogP contribution in [0.5, 0.6) is 0 Å². The molecule has 0 unspecified atom stereocenters. The number of rotatable bonds is 4. The van der Waals surface area contributed by atoms with Crippen LogP contribution in [-0.4, -0.2) is 13.1 Å². The van der Waals surface area contributed by atoms with E-state index < -0.39 is 5.97 Å². The summed E-state index contributed by atoms with van der Waals surface area (Å²) in [5.41, 5.74) is 2.35. The molecule has 1 aromatic heterocycles. The lowest BCUT2D eigenvalue weighted by molar-refractivity contribution is 0.0601. The third-order valence-electron chi connectivity index (χ3n) is 3.79. The van der Waals surface area contributed by atoms with Gasteiger partial charge in [-0.1, -0.05) is 46.3 Å². The predicted octanol–water partition coefficient (Wildman–Crippen LogP) is 5.56. The van der Waals surface area contributed by atoms with E-state index in [0.29, 0.717) is 28.2 Å². The summed E-state index contributed by atoms with van der Waals surface area (Å²) in [4.78, 5) is 11.9. The summed E-state index contributed by atoms with van der Waals surface area (Å²) in [6, 6.07) is 20.2. The summed E-state index contributed by atoms with van der Waals surface area (Å²) >= 11 is 3.38. The molecule has 4 nitrogen and oxygen atoms in total. The van der Waals surface area contributed by atoms with Crippen molar-refractivity contribution in [1.82, 2.24) is 0 Å². The number of methoxy groups -OCH3 is 1. The fraction of sp³-hybridized carbons (Fsp3) is 0.0476. The molecule has 0 aliphatic rings. The number of allylic oxidation sites excluding steroid dienone is 1. The number of benzene rings is 2. The maximum Gasteiger partial charge on any atom is 0.338 e. The summed E-state index contributed by atoms with van der Waals surface area (Å²) in [5.74, 6) is 0.631. The first-order valence-electron chi connectivity index (χ1n) is 7.77. The van der Waals surface area contributed by atoms with E-state index in [9.17, 15) is 10.1 Å². The molecule has 0 atom stereocenters. The molecule has 3 rings (SSSR count). The lowest BCUT2D eigenvalue weighted by atomic mass is 10.1. The van der Waals surface area contributed by atoms with Gasteiger partial charge in [-0.25, -0.2) is 4.79 Å². The van der Waals surface area contributed by atoms with E-state index in [1.165, 1.54) is 7.11 Å². The van der Waals surface area contributed by atoms with Gasteiger partial charge in [0.05, 0.1) is 24.3 Å². The molecular formula is C21H14BrNO3. The zero-order valence-electron chi connectivity index (χ0n) is 13.9. The van der Waals surface area contributed by atoms with Gasteiger partial charge in [-0.05, 0) is 42.0 Å². The van der Waals surface area contributed by atoms with Crippen molar-refractivity contribution in [2.75, 3.05) is 7.11 Å². The molecule has 0 bridgehead atoms. The molecule has 0 fully saturated rings. The predicted molar refractivity (Wildman–Crippen MR) is 103 cm³/mol. The Bertz CT molecular complexity index is 1010. The number of furan rings is 1. The minimum atomic E-state index is -0.429. The lowest BCUT2D eigenvalue weighted by Crippen LogP contribution is -2.02. The largest absolute Gasteiger partial charge is 0.465 e. The number of nitrogens with zero attached hydrogens (tertiary/aromatic N) is 1. The second kappa shape index (κ2) is 7.85. The first-order valence-corrected chi connectivity index (χ1v) is 8.57. The van der Waals surface area contributed by atoms with Gasteiger partial charge in [0.1, 0.15) is 11.5 Å². The standard InChI is InChI=1S/C21H14BrNO3/c1-25-21(24)19-5-3-2-4-18(19)20-11-10-17(26-20)12-15(13-23)14-6-8-16(22)9-7-14/h2-12H,1H3. The molecule has 0 N–H and O–H groups in total. The van der Waals surface area contributed by atoms with Gasteiger partial charge in [0, 0.05) is 10.0 Å². The number of carbonyl (C=O) groups excluding carboxylic acids is 1. The third-order valence-corrected chi connectivity index (χ3v) is 4.32. The molecular weight excluding hydrogens is 394 g/mol.